The number of amides is 2. The molecule has 0 aliphatic carbocycles. The summed E-state index contributed by atoms with van der Waals surface area (Å²) >= 11 is 2.17. The Hall–Kier alpha value is -3.48. The predicted molar refractivity (Wildman–Crippen MR) is 126 cm³/mol. The Labute approximate surface area is 196 Å². The van der Waals surface area contributed by atoms with Crippen LogP contribution in [0.15, 0.2) is 69.0 Å². The third-order valence-electron chi connectivity index (χ3n) is 4.90. The summed E-state index contributed by atoms with van der Waals surface area (Å²) in [6.45, 7) is 3.30. The van der Waals surface area contributed by atoms with Crippen molar-refractivity contribution in [1.82, 2.24) is 0 Å². The summed E-state index contributed by atoms with van der Waals surface area (Å²) in [4.78, 5) is 36.9. The van der Waals surface area contributed by atoms with Gasteiger partial charge in [0.1, 0.15) is 0 Å². The maximum absolute atomic E-state index is 12.9. The molecule has 0 aromatic heterocycles. The third kappa shape index (κ3) is 4.02. The largest absolute Gasteiger partial charge is 0.478 e. The van der Waals surface area contributed by atoms with Crippen LogP contribution in [0.3, 0.4) is 0 Å². The second kappa shape index (κ2) is 8.57. The number of hydrogen-bond donors (Lipinski definition) is 1. The van der Waals surface area contributed by atoms with Crippen molar-refractivity contribution in [2.45, 2.75) is 25.9 Å². The van der Waals surface area contributed by atoms with E-state index in [1.807, 2.05) is 12.1 Å². The highest BCUT2D eigenvalue weighted by atomic mass is 127. The molecule has 2 unspecified atom stereocenters. The van der Waals surface area contributed by atoms with Gasteiger partial charge >= 0.3 is 5.97 Å². The van der Waals surface area contributed by atoms with E-state index in [4.69, 9.17) is 0 Å². The minimum Gasteiger partial charge on any atom is -0.478 e. The highest BCUT2D eigenvalue weighted by Gasteiger charge is 2.38. The number of aromatic carboxylic acids is 1. The quantitative estimate of drug-likeness (QED) is 0.458. The molecule has 10 nitrogen and oxygen atoms in total. The Morgan fingerprint density at radius 3 is 1.97 bits per heavy atom. The molecule has 11 heteroatoms. The van der Waals surface area contributed by atoms with Crippen LogP contribution in [0.2, 0.25) is 0 Å². The Morgan fingerprint density at radius 1 is 0.906 bits per heavy atom. The lowest BCUT2D eigenvalue weighted by Gasteiger charge is -2.13. The summed E-state index contributed by atoms with van der Waals surface area (Å²) in [6.07, 6.45) is 0. The maximum atomic E-state index is 12.9. The van der Waals surface area contributed by atoms with Crippen molar-refractivity contribution in [3.8, 4) is 0 Å². The first-order chi connectivity index (χ1) is 15.3. The van der Waals surface area contributed by atoms with Crippen LogP contribution in [0.25, 0.3) is 0 Å². The number of azo groups is 1. The number of carbonyl (C=O) groups is 3. The zero-order valence-electron chi connectivity index (χ0n) is 17.0. The molecule has 2 aromatic carbocycles. The Bertz CT molecular complexity index is 1210. The normalized spacial score (nSPS) is 20.8. The highest BCUT2D eigenvalue weighted by Crippen LogP contribution is 2.26. The van der Waals surface area contributed by atoms with Gasteiger partial charge in [0.25, 0.3) is 11.8 Å². The van der Waals surface area contributed by atoms with Crippen LogP contribution in [0.5, 0.6) is 0 Å². The molecule has 0 saturated heterocycles. The lowest BCUT2D eigenvalue weighted by atomic mass is 10.2. The van der Waals surface area contributed by atoms with E-state index in [0.717, 1.165) is 8.58 Å². The topological polar surface area (TPSA) is 127 Å². The van der Waals surface area contributed by atoms with Crippen molar-refractivity contribution >= 4 is 63.2 Å². The first-order valence-electron chi connectivity index (χ1n) is 9.53. The fourth-order valence-corrected chi connectivity index (χ4v) is 3.59. The van der Waals surface area contributed by atoms with Crippen LogP contribution in [-0.4, -0.2) is 46.4 Å². The molecule has 0 fully saturated rings. The monoisotopic (exact) mass is 544 g/mol. The zero-order valence-corrected chi connectivity index (χ0v) is 19.2. The molecule has 0 radical (unpaired) electrons. The van der Waals surface area contributed by atoms with Gasteiger partial charge in [0.2, 0.25) is 0 Å². The summed E-state index contributed by atoms with van der Waals surface area (Å²) in [5, 5.41) is 28.3. The standard InChI is InChI=1S/C21H17IN6O4/c1-11-17(19(29)27(25-11)15-8-6-14(22)7-9-15)23-24-18-12(2)26-28(20(18)30)16-5-3-4-13(10-16)21(31)32/h3-10,17-18H,1-2H3,(H,31,32). The van der Waals surface area contributed by atoms with Crippen molar-refractivity contribution in [3.05, 3.63) is 57.7 Å². The molecule has 2 atom stereocenters. The summed E-state index contributed by atoms with van der Waals surface area (Å²) in [5.74, 6) is -1.95. The zero-order chi connectivity index (χ0) is 23.0. The van der Waals surface area contributed by atoms with Gasteiger partial charge in [-0.3, -0.25) is 9.59 Å². The van der Waals surface area contributed by atoms with Crippen molar-refractivity contribution in [2.75, 3.05) is 10.0 Å². The van der Waals surface area contributed by atoms with Gasteiger partial charge in [-0.25, -0.2) is 4.79 Å². The molecule has 4 rings (SSSR count). The van der Waals surface area contributed by atoms with E-state index in [1.54, 1.807) is 32.0 Å². The molecule has 2 heterocycles. The number of hydrazone groups is 2. The Morgan fingerprint density at radius 2 is 1.44 bits per heavy atom. The SMILES string of the molecule is CC1=NN(c2ccc(I)cc2)C(=O)C1N=NC1C(=O)N(c2cccc(C(=O)O)c2)N=C1C. The van der Waals surface area contributed by atoms with Crippen molar-refractivity contribution in [2.24, 2.45) is 20.4 Å². The van der Waals surface area contributed by atoms with Crippen LogP contribution in [0.4, 0.5) is 11.4 Å². The second-order valence-electron chi connectivity index (χ2n) is 7.15. The number of carboxylic acid groups (broad SMARTS) is 1. The van der Waals surface area contributed by atoms with Gasteiger partial charge in [-0.15, -0.1) is 0 Å². The van der Waals surface area contributed by atoms with E-state index in [-0.39, 0.29) is 11.5 Å². The first kappa shape index (κ1) is 21.7. The summed E-state index contributed by atoms with van der Waals surface area (Å²) in [5.41, 5.74) is 1.81. The fourth-order valence-electron chi connectivity index (χ4n) is 3.23. The van der Waals surface area contributed by atoms with E-state index in [9.17, 15) is 19.5 Å². The summed E-state index contributed by atoms with van der Waals surface area (Å²) < 4.78 is 1.03. The number of anilines is 2. The van der Waals surface area contributed by atoms with E-state index >= 15 is 0 Å². The van der Waals surface area contributed by atoms with Gasteiger partial charge in [-0.05, 0) is 78.9 Å². The smallest absolute Gasteiger partial charge is 0.335 e. The van der Waals surface area contributed by atoms with E-state index in [0.29, 0.717) is 22.8 Å². The first-order valence-corrected chi connectivity index (χ1v) is 10.6. The Kier molecular flexibility index (Phi) is 5.82. The predicted octanol–water partition coefficient (Wildman–Crippen LogP) is 3.32. The van der Waals surface area contributed by atoms with E-state index < -0.39 is 24.0 Å². The van der Waals surface area contributed by atoms with Gasteiger partial charge in [-0.2, -0.15) is 30.4 Å². The van der Waals surface area contributed by atoms with E-state index in [1.165, 1.54) is 23.2 Å². The molecule has 0 bridgehead atoms. The average Bonchev–Trinajstić information content (AvgIpc) is 3.22. The van der Waals surface area contributed by atoms with Gasteiger partial charge in [0, 0.05) is 3.57 Å². The van der Waals surface area contributed by atoms with Crippen LogP contribution < -0.4 is 10.0 Å². The van der Waals surface area contributed by atoms with Gasteiger partial charge in [0.05, 0.1) is 28.4 Å². The average molecular weight is 544 g/mol. The van der Waals surface area contributed by atoms with Crippen LogP contribution in [0.1, 0.15) is 24.2 Å². The second-order valence-corrected chi connectivity index (χ2v) is 8.40. The Balaban J connectivity index is 1.52. The molecule has 0 saturated carbocycles. The van der Waals surface area contributed by atoms with Crippen LogP contribution in [-0.2, 0) is 9.59 Å². The molecule has 0 spiro atoms. The number of halogens is 1. The molecule has 162 valence electrons. The van der Waals surface area contributed by atoms with E-state index in [2.05, 4.69) is 43.0 Å². The maximum Gasteiger partial charge on any atom is 0.335 e. The summed E-state index contributed by atoms with van der Waals surface area (Å²) in [6, 6.07) is 11.3. The molecular formula is C21H17IN6O4. The molecular weight excluding hydrogens is 527 g/mol. The molecule has 2 aliphatic heterocycles. The highest BCUT2D eigenvalue weighted by molar-refractivity contribution is 14.1. The minimum absolute atomic E-state index is 0.0345. The van der Waals surface area contributed by atoms with Gasteiger partial charge < -0.3 is 5.11 Å². The van der Waals surface area contributed by atoms with Gasteiger partial charge in [0.15, 0.2) is 12.1 Å². The molecule has 1 N–H and O–H groups in total. The number of rotatable bonds is 5. The lowest BCUT2D eigenvalue weighted by Crippen LogP contribution is -2.32. The van der Waals surface area contributed by atoms with Crippen molar-refractivity contribution in [3.63, 3.8) is 0 Å². The fraction of sp³-hybridized carbons (Fsp3) is 0.190. The number of carbonyl (C=O) groups excluding carboxylic acids is 2. The number of hydrogen-bond acceptors (Lipinski definition) is 7. The number of benzene rings is 2. The molecule has 2 amide bonds. The molecule has 32 heavy (non-hydrogen) atoms. The minimum atomic E-state index is -1.11. The van der Waals surface area contributed by atoms with Crippen LogP contribution in [0, 0.1) is 3.57 Å². The third-order valence-corrected chi connectivity index (χ3v) is 5.62. The molecule has 2 aliphatic rings. The van der Waals surface area contributed by atoms with Crippen LogP contribution >= 0.6 is 22.6 Å². The van der Waals surface area contributed by atoms with Crippen molar-refractivity contribution in [1.29, 1.82) is 0 Å². The molecule has 2 aromatic rings. The number of nitrogens with zero attached hydrogens (tertiary/aromatic N) is 6. The lowest BCUT2D eigenvalue weighted by molar-refractivity contribution is -0.119. The van der Waals surface area contributed by atoms with Gasteiger partial charge in [-0.1, -0.05) is 6.07 Å². The summed E-state index contributed by atoms with van der Waals surface area (Å²) in [7, 11) is 0. The number of carboxylic acids is 1. The van der Waals surface area contributed by atoms with Crippen molar-refractivity contribution < 1.29 is 19.5 Å².